The van der Waals surface area contributed by atoms with Gasteiger partial charge in [-0.1, -0.05) is 34.1 Å². The number of methoxy groups -OCH3 is 1. The molecule has 1 aromatic rings. The van der Waals surface area contributed by atoms with Crippen LogP contribution in [0.15, 0.2) is 0 Å². The third-order valence-electron chi connectivity index (χ3n) is 4.33. The van der Waals surface area contributed by atoms with Crippen LogP contribution in [0.3, 0.4) is 0 Å². The van der Waals surface area contributed by atoms with Crippen molar-refractivity contribution >= 4 is 11.3 Å². The highest BCUT2D eigenvalue weighted by Gasteiger charge is 2.40. The lowest BCUT2D eigenvalue weighted by atomic mass is 9.79. The average Bonchev–Trinajstić information content (AvgIpc) is 2.83. The van der Waals surface area contributed by atoms with Crippen LogP contribution in [0, 0.1) is 5.92 Å². The molecule has 3 nitrogen and oxygen atoms in total. The van der Waals surface area contributed by atoms with E-state index in [1.807, 2.05) is 7.11 Å². The topological polar surface area (TPSA) is 48.1 Å². The van der Waals surface area contributed by atoms with Crippen LogP contribution in [-0.2, 0) is 22.3 Å². The first kappa shape index (κ1) is 15.9. The minimum atomic E-state index is -0.185. The molecule has 0 bridgehead atoms. The van der Waals surface area contributed by atoms with E-state index in [-0.39, 0.29) is 11.0 Å². The number of rotatable bonds is 3. The molecule has 1 aromatic heterocycles. The SMILES string of the molecule is COC1(c2nc(C(C)(C)C)c(CN)s2)CCCC(C)C1. The van der Waals surface area contributed by atoms with Gasteiger partial charge in [0.2, 0.25) is 0 Å². The maximum absolute atomic E-state index is 5.97. The van der Waals surface area contributed by atoms with E-state index in [0.29, 0.717) is 12.5 Å². The molecule has 0 amide bonds. The summed E-state index contributed by atoms with van der Waals surface area (Å²) < 4.78 is 5.97. The van der Waals surface area contributed by atoms with Gasteiger partial charge in [-0.15, -0.1) is 11.3 Å². The first-order valence-electron chi connectivity index (χ1n) is 7.58. The molecule has 0 spiro atoms. The molecule has 114 valence electrons. The average molecular weight is 296 g/mol. The molecule has 2 rings (SSSR count). The number of nitrogens with two attached hydrogens (primary N) is 1. The molecule has 1 aliphatic rings. The predicted molar refractivity (Wildman–Crippen MR) is 85.0 cm³/mol. The fraction of sp³-hybridized carbons (Fsp3) is 0.812. The van der Waals surface area contributed by atoms with Crippen molar-refractivity contribution in [2.75, 3.05) is 7.11 Å². The molecule has 0 aliphatic heterocycles. The number of nitrogens with zero attached hydrogens (tertiary/aromatic N) is 1. The summed E-state index contributed by atoms with van der Waals surface area (Å²) in [4.78, 5) is 6.18. The summed E-state index contributed by atoms with van der Waals surface area (Å²) in [6.07, 6.45) is 4.67. The Kier molecular flexibility index (Phi) is 4.57. The molecule has 1 heterocycles. The Morgan fingerprint density at radius 2 is 2.15 bits per heavy atom. The highest BCUT2D eigenvalue weighted by Crippen LogP contribution is 2.45. The third-order valence-corrected chi connectivity index (χ3v) is 5.59. The summed E-state index contributed by atoms with van der Waals surface area (Å²) in [6.45, 7) is 9.49. The molecule has 2 atom stereocenters. The lowest BCUT2D eigenvalue weighted by Gasteiger charge is -2.37. The second kappa shape index (κ2) is 5.74. The molecule has 1 aliphatic carbocycles. The monoisotopic (exact) mass is 296 g/mol. The van der Waals surface area contributed by atoms with Gasteiger partial charge < -0.3 is 10.5 Å². The van der Waals surface area contributed by atoms with Crippen LogP contribution in [0.1, 0.15) is 69.0 Å². The fourth-order valence-electron chi connectivity index (χ4n) is 3.24. The maximum Gasteiger partial charge on any atom is 0.125 e. The Labute approximate surface area is 126 Å². The quantitative estimate of drug-likeness (QED) is 0.918. The van der Waals surface area contributed by atoms with E-state index in [2.05, 4.69) is 27.7 Å². The zero-order chi connectivity index (χ0) is 15.0. The number of hydrogen-bond acceptors (Lipinski definition) is 4. The Hall–Kier alpha value is -0.450. The van der Waals surface area contributed by atoms with Crippen molar-refractivity contribution in [3.63, 3.8) is 0 Å². The largest absolute Gasteiger partial charge is 0.371 e. The van der Waals surface area contributed by atoms with E-state index in [1.54, 1.807) is 11.3 Å². The standard InChI is InChI=1S/C16H28N2OS/c1-11-7-6-8-16(9-11,19-5)14-18-13(15(2,3)4)12(10-17)20-14/h11H,6-10,17H2,1-5H3. The summed E-state index contributed by atoms with van der Waals surface area (Å²) in [5, 5.41) is 1.14. The molecular formula is C16H28N2OS. The lowest BCUT2D eigenvalue weighted by Crippen LogP contribution is -2.34. The molecule has 2 N–H and O–H groups in total. The smallest absolute Gasteiger partial charge is 0.125 e. The normalized spacial score (nSPS) is 27.8. The molecule has 0 saturated heterocycles. The van der Waals surface area contributed by atoms with E-state index in [9.17, 15) is 0 Å². The summed E-state index contributed by atoms with van der Waals surface area (Å²) >= 11 is 1.76. The van der Waals surface area contributed by atoms with Crippen LogP contribution in [0.25, 0.3) is 0 Å². The molecule has 4 heteroatoms. The molecule has 1 fully saturated rings. The summed E-state index contributed by atoms with van der Waals surface area (Å²) in [5.74, 6) is 0.701. The second-order valence-electron chi connectivity index (χ2n) is 7.14. The van der Waals surface area contributed by atoms with Gasteiger partial charge in [-0.05, 0) is 25.2 Å². The number of hydrogen-bond donors (Lipinski definition) is 1. The van der Waals surface area contributed by atoms with E-state index < -0.39 is 0 Å². The van der Waals surface area contributed by atoms with Crippen molar-refractivity contribution in [1.29, 1.82) is 0 Å². The van der Waals surface area contributed by atoms with Gasteiger partial charge >= 0.3 is 0 Å². The van der Waals surface area contributed by atoms with Crippen LogP contribution in [0.5, 0.6) is 0 Å². The summed E-state index contributed by atoms with van der Waals surface area (Å²) in [6, 6.07) is 0. The van der Waals surface area contributed by atoms with Gasteiger partial charge in [0, 0.05) is 23.9 Å². The predicted octanol–water partition coefficient (Wildman–Crippen LogP) is 3.95. The highest BCUT2D eigenvalue weighted by molar-refractivity contribution is 7.11. The highest BCUT2D eigenvalue weighted by atomic mass is 32.1. The van der Waals surface area contributed by atoms with Crippen molar-refractivity contribution in [2.24, 2.45) is 11.7 Å². The van der Waals surface area contributed by atoms with Gasteiger partial charge in [-0.25, -0.2) is 4.98 Å². The third kappa shape index (κ3) is 2.92. The van der Waals surface area contributed by atoms with Gasteiger partial charge in [-0.3, -0.25) is 0 Å². The zero-order valence-corrected chi connectivity index (χ0v) is 14.3. The van der Waals surface area contributed by atoms with E-state index in [4.69, 9.17) is 15.5 Å². The van der Waals surface area contributed by atoms with Crippen LogP contribution >= 0.6 is 11.3 Å². The molecule has 20 heavy (non-hydrogen) atoms. The van der Waals surface area contributed by atoms with Gasteiger partial charge in [0.25, 0.3) is 0 Å². The van der Waals surface area contributed by atoms with E-state index in [0.717, 1.165) is 23.5 Å². The van der Waals surface area contributed by atoms with Crippen LogP contribution in [-0.4, -0.2) is 12.1 Å². The van der Waals surface area contributed by atoms with Gasteiger partial charge in [0.1, 0.15) is 10.6 Å². The van der Waals surface area contributed by atoms with Crippen molar-refractivity contribution in [2.45, 2.75) is 70.9 Å². The first-order chi connectivity index (χ1) is 9.32. The minimum Gasteiger partial charge on any atom is -0.371 e. The van der Waals surface area contributed by atoms with Crippen LogP contribution < -0.4 is 5.73 Å². The molecule has 0 radical (unpaired) electrons. The molecule has 0 aromatic carbocycles. The van der Waals surface area contributed by atoms with Crippen molar-refractivity contribution in [3.8, 4) is 0 Å². The lowest BCUT2D eigenvalue weighted by molar-refractivity contribution is -0.0581. The molecule has 2 unspecified atom stereocenters. The summed E-state index contributed by atoms with van der Waals surface area (Å²) in [5.41, 5.74) is 6.94. The Morgan fingerprint density at radius 1 is 1.45 bits per heavy atom. The second-order valence-corrected chi connectivity index (χ2v) is 8.23. The van der Waals surface area contributed by atoms with Crippen molar-refractivity contribution in [1.82, 2.24) is 4.98 Å². The van der Waals surface area contributed by atoms with Gasteiger partial charge in [-0.2, -0.15) is 0 Å². The molecular weight excluding hydrogens is 268 g/mol. The van der Waals surface area contributed by atoms with Crippen molar-refractivity contribution in [3.05, 3.63) is 15.6 Å². The Balaban J connectivity index is 2.43. The first-order valence-corrected chi connectivity index (χ1v) is 8.40. The number of aromatic nitrogens is 1. The van der Waals surface area contributed by atoms with Gasteiger partial charge in [0.05, 0.1) is 5.69 Å². The van der Waals surface area contributed by atoms with E-state index >= 15 is 0 Å². The van der Waals surface area contributed by atoms with E-state index in [1.165, 1.54) is 17.7 Å². The van der Waals surface area contributed by atoms with Crippen LogP contribution in [0.4, 0.5) is 0 Å². The fourth-order valence-corrected chi connectivity index (χ4v) is 4.60. The Bertz CT molecular complexity index is 464. The van der Waals surface area contributed by atoms with Crippen molar-refractivity contribution < 1.29 is 4.74 Å². The maximum atomic E-state index is 5.97. The number of ether oxygens (including phenoxy) is 1. The van der Waals surface area contributed by atoms with Crippen LogP contribution in [0.2, 0.25) is 0 Å². The number of thiazole rings is 1. The summed E-state index contributed by atoms with van der Waals surface area (Å²) in [7, 11) is 1.83. The zero-order valence-electron chi connectivity index (χ0n) is 13.5. The minimum absolute atomic E-state index is 0.0403. The van der Waals surface area contributed by atoms with Gasteiger partial charge in [0.15, 0.2) is 0 Å². The Morgan fingerprint density at radius 3 is 2.60 bits per heavy atom. The molecule has 1 saturated carbocycles.